The fourth-order valence-corrected chi connectivity index (χ4v) is 3.07. The summed E-state index contributed by atoms with van der Waals surface area (Å²) in [5.41, 5.74) is 7.78. The van der Waals surface area contributed by atoms with Gasteiger partial charge in [-0.15, -0.1) is 0 Å². The minimum absolute atomic E-state index is 0.125. The van der Waals surface area contributed by atoms with Gasteiger partial charge < -0.3 is 10.6 Å². The summed E-state index contributed by atoms with van der Waals surface area (Å²) in [7, 11) is 0. The molecule has 0 saturated carbocycles. The number of nitrogens with two attached hydrogens (primary N) is 1. The van der Waals surface area contributed by atoms with Gasteiger partial charge in [0.15, 0.2) is 0 Å². The fraction of sp³-hybridized carbons (Fsp3) is 0.235. The van der Waals surface area contributed by atoms with E-state index in [9.17, 15) is 4.79 Å². The van der Waals surface area contributed by atoms with Crippen molar-refractivity contribution >= 4 is 5.91 Å². The zero-order valence-corrected chi connectivity index (χ0v) is 11.3. The molecule has 3 nitrogen and oxygen atoms in total. The Balaban J connectivity index is 2.13. The Morgan fingerprint density at radius 2 is 1.45 bits per heavy atom. The Kier molecular flexibility index (Phi) is 3.28. The Hall–Kier alpha value is -2.13. The predicted octanol–water partition coefficient (Wildman–Crippen LogP) is 2.12. The van der Waals surface area contributed by atoms with E-state index in [1.54, 1.807) is 4.90 Å². The van der Waals surface area contributed by atoms with E-state index < -0.39 is 0 Å². The molecule has 102 valence electrons. The van der Waals surface area contributed by atoms with Crippen LogP contribution in [-0.2, 0) is 10.2 Å². The number of benzene rings is 2. The van der Waals surface area contributed by atoms with E-state index in [4.69, 9.17) is 5.73 Å². The van der Waals surface area contributed by atoms with Crippen molar-refractivity contribution in [1.82, 2.24) is 4.90 Å². The highest BCUT2D eigenvalue weighted by Gasteiger charge is 2.45. The summed E-state index contributed by atoms with van der Waals surface area (Å²) in [5.74, 6) is 0.125. The first-order valence-corrected chi connectivity index (χ1v) is 6.85. The van der Waals surface area contributed by atoms with Crippen LogP contribution in [0.3, 0.4) is 0 Å². The molecule has 0 radical (unpaired) electrons. The minimum atomic E-state index is -0.279. The molecule has 0 atom stereocenters. The van der Waals surface area contributed by atoms with Crippen LogP contribution in [0.2, 0.25) is 0 Å². The van der Waals surface area contributed by atoms with Crippen molar-refractivity contribution < 1.29 is 4.79 Å². The highest BCUT2D eigenvalue weighted by molar-refractivity contribution is 5.82. The second kappa shape index (κ2) is 5.10. The third kappa shape index (κ3) is 2.00. The number of rotatable bonds is 3. The van der Waals surface area contributed by atoms with Crippen LogP contribution >= 0.6 is 0 Å². The van der Waals surface area contributed by atoms with Crippen LogP contribution in [0.25, 0.3) is 0 Å². The number of amides is 1. The van der Waals surface area contributed by atoms with Gasteiger partial charge in [0, 0.05) is 18.4 Å². The standard InChI is InChI=1S/C17H18N2O/c18-13-19-12-17(11-16(19)20,14-7-3-1-4-8-14)15-9-5-2-6-10-15/h1-10H,11-13,18H2. The Morgan fingerprint density at radius 1 is 0.950 bits per heavy atom. The van der Waals surface area contributed by atoms with Gasteiger partial charge in [0.05, 0.1) is 6.67 Å². The SMILES string of the molecule is NCN1CC(c2ccccc2)(c2ccccc2)CC1=O. The lowest BCUT2D eigenvalue weighted by Crippen LogP contribution is -2.35. The van der Waals surface area contributed by atoms with Crippen molar-refractivity contribution in [3.8, 4) is 0 Å². The van der Waals surface area contributed by atoms with Crippen molar-refractivity contribution in [2.24, 2.45) is 5.73 Å². The van der Waals surface area contributed by atoms with Crippen molar-refractivity contribution in [3.05, 3.63) is 71.8 Å². The first-order chi connectivity index (χ1) is 9.76. The zero-order valence-electron chi connectivity index (χ0n) is 11.3. The van der Waals surface area contributed by atoms with Gasteiger partial charge in [-0.3, -0.25) is 4.79 Å². The van der Waals surface area contributed by atoms with Crippen molar-refractivity contribution in [1.29, 1.82) is 0 Å². The molecule has 2 N–H and O–H groups in total. The lowest BCUT2D eigenvalue weighted by molar-refractivity contribution is -0.127. The highest BCUT2D eigenvalue weighted by atomic mass is 16.2. The molecular weight excluding hydrogens is 248 g/mol. The van der Waals surface area contributed by atoms with Gasteiger partial charge in [0.25, 0.3) is 0 Å². The molecule has 0 bridgehead atoms. The van der Waals surface area contributed by atoms with Gasteiger partial charge in [0.1, 0.15) is 0 Å². The molecule has 1 amide bonds. The number of carbonyl (C=O) groups is 1. The maximum Gasteiger partial charge on any atom is 0.224 e. The van der Waals surface area contributed by atoms with Gasteiger partial charge >= 0.3 is 0 Å². The molecule has 3 rings (SSSR count). The van der Waals surface area contributed by atoms with E-state index in [0.717, 1.165) is 0 Å². The third-order valence-corrected chi connectivity index (χ3v) is 4.14. The van der Waals surface area contributed by atoms with Crippen LogP contribution in [0.15, 0.2) is 60.7 Å². The van der Waals surface area contributed by atoms with Crippen LogP contribution in [0.5, 0.6) is 0 Å². The summed E-state index contributed by atoms with van der Waals surface area (Å²) in [6.07, 6.45) is 0.484. The Labute approximate surface area is 119 Å². The number of likely N-dealkylation sites (tertiary alicyclic amines) is 1. The van der Waals surface area contributed by atoms with Crippen molar-refractivity contribution in [2.75, 3.05) is 13.2 Å². The molecular formula is C17H18N2O. The average molecular weight is 266 g/mol. The average Bonchev–Trinajstić information content (AvgIpc) is 2.87. The minimum Gasteiger partial charge on any atom is -0.329 e. The molecule has 1 saturated heterocycles. The first-order valence-electron chi connectivity index (χ1n) is 6.85. The number of hydrogen-bond acceptors (Lipinski definition) is 2. The van der Waals surface area contributed by atoms with Crippen LogP contribution in [0.1, 0.15) is 17.5 Å². The van der Waals surface area contributed by atoms with Gasteiger partial charge in [0.2, 0.25) is 5.91 Å². The molecule has 0 unspecified atom stereocenters. The summed E-state index contributed by atoms with van der Waals surface area (Å²) < 4.78 is 0. The van der Waals surface area contributed by atoms with Crippen molar-refractivity contribution in [2.45, 2.75) is 11.8 Å². The molecule has 0 aromatic heterocycles. The summed E-state index contributed by atoms with van der Waals surface area (Å²) in [6.45, 7) is 0.927. The molecule has 1 aliphatic rings. The molecule has 0 spiro atoms. The smallest absolute Gasteiger partial charge is 0.224 e. The topological polar surface area (TPSA) is 46.3 Å². The van der Waals surface area contributed by atoms with E-state index in [1.165, 1.54) is 11.1 Å². The monoisotopic (exact) mass is 266 g/mol. The van der Waals surface area contributed by atoms with E-state index in [1.807, 2.05) is 36.4 Å². The highest BCUT2D eigenvalue weighted by Crippen LogP contribution is 2.40. The lowest BCUT2D eigenvalue weighted by Gasteiger charge is -2.30. The number of nitrogens with zero attached hydrogens (tertiary/aromatic N) is 1. The van der Waals surface area contributed by atoms with Crippen LogP contribution in [-0.4, -0.2) is 24.0 Å². The predicted molar refractivity (Wildman–Crippen MR) is 79.0 cm³/mol. The molecule has 1 heterocycles. The van der Waals surface area contributed by atoms with Gasteiger partial charge in [-0.05, 0) is 11.1 Å². The maximum atomic E-state index is 12.2. The van der Waals surface area contributed by atoms with E-state index in [0.29, 0.717) is 13.0 Å². The van der Waals surface area contributed by atoms with Crippen LogP contribution < -0.4 is 5.73 Å². The normalized spacial score (nSPS) is 17.4. The molecule has 20 heavy (non-hydrogen) atoms. The molecule has 0 aliphatic carbocycles. The second-order valence-corrected chi connectivity index (χ2v) is 5.27. The summed E-state index contributed by atoms with van der Waals surface area (Å²) in [6, 6.07) is 20.5. The summed E-state index contributed by atoms with van der Waals surface area (Å²) >= 11 is 0. The Bertz CT molecular complexity index is 555. The number of hydrogen-bond donors (Lipinski definition) is 1. The summed E-state index contributed by atoms with van der Waals surface area (Å²) in [4.78, 5) is 13.9. The summed E-state index contributed by atoms with van der Waals surface area (Å²) in [5, 5.41) is 0. The molecule has 3 heteroatoms. The quantitative estimate of drug-likeness (QED) is 0.925. The Morgan fingerprint density at radius 3 is 1.85 bits per heavy atom. The molecule has 2 aromatic rings. The van der Waals surface area contributed by atoms with Crippen molar-refractivity contribution in [3.63, 3.8) is 0 Å². The first kappa shape index (κ1) is 12.9. The van der Waals surface area contributed by atoms with E-state index in [2.05, 4.69) is 24.3 Å². The van der Waals surface area contributed by atoms with Gasteiger partial charge in [-0.25, -0.2) is 0 Å². The largest absolute Gasteiger partial charge is 0.329 e. The van der Waals surface area contributed by atoms with E-state index >= 15 is 0 Å². The van der Waals surface area contributed by atoms with Gasteiger partial charge in [-0.2, -0.15) is 0 Å². The molecule has 1 fully saturated rings. The fourth-order valence-electron chi connectivity index (χ4n) is 3.07. The van der Waals surface area contributed by atoms with Crippen LogP contribution in [0.4, 0.5) is 0 Å². The second-order valence-electron chi connectivity index (χ2n) is 5.27. The molecule has 2 aromatic carbocycles. The lowest BCUT2D eigenvalue weighted by atomic mass is 9.74. The van der Waals surface area contributed by atoms with E-state index in [-0.39, 0.29) is 18.0 Å². The molecule has 1 aliphatic heterocycles. The van der Waals surface area contributed by atoms with Crippen LogP contribution in [0, 0.1) is 0 Å². The maximum absolute atomic E-state index is 12.2. The third-order valence-electron chi connectivity index (χ3n) is 4.14. The number of carbonyl (C=O) groups excluding carboxylic acids is 1. The zero-order chi connectivity index (χ0) is 14.0. The van der Waals surface area contributed by atoms with Gasteiger partial charge in [-0.1, -0.05) is 60.7 Å².